The van der Waals surface area contributed by atoms with Crippen LogP contribution in [0.1, 0.15) is 25.3 Å². The lowest BCUT2D eigenvalue weighted by atomic mass is 10.00. The van der Waals surface area contributed by atoms with Crippen molar-refractivity contribution in [2.75, 3.05) is 6.61 Å². The van der Waals surface area contributed by atoms with Crippen LogP contribution in [0.3, 0.4) is 0 Å². The second-order valence-corrected chi connectivity index (χ2v) is 4.80. The number of ether oxygens (including phenoxy) is 2. The van der Waals surface area contributed by atoms with E-state index in [0.29, 0.717) is 6.07 Å². The van der Waals surface area contributed by atoms with Gasteiger partial charge in [-0.2, -0.15) is 13.2 Å². The number of nitro groups is 2. The molecule has 0 amide bonds. The minimum atomic E-state index is -4.80. The van der Waals surface area contributed by atoms with Gasteiger partial charge in [-0.25, -0.2) is 4.79 Å². The predicted octanol–water partition coefficient (Wildman–Crippen LogP) is 3.70. The number of hydrogen-bond donors (Lipinski definition) is 0. The summed E-state index contributed by atoms with van der Waals surface area (Å²) < 4.78 is 44.1. The van der Waals surface area contributed by atoms with Crippen molar-refractivity contribution in [1.29, 1.82) is 0 Å². The van der Waals surface area contributed by atoms with E-state index in [2.05, 4.69) is 9.47 Å². The summed E-state index contributed by atoms with van der Waals surface area (Å²) in [4.78, 5) is 31.2. The first-order chi connectivity index (χ1) is 10.9. The van der Waals surface area contributed by atoms with E-state index in [-0.39, 0.29) is 5.56 Å². The summed E-state index contributed by atoms with van der Waals surface area (Å²) >= 11 is 0. The number of nitro benzene ring substituents is 2. The molecular formula is C12H11F3N2O7. The molecule has 0 aliphatic heterocycles. The Hall–Kier alpha value is -2.92. The average Bonchev–Trinajstić information content (AvgIpc) is 2.43. The summed E-state index contributed by atoms with van der Waals surface area (Å²) in [5.74, 6) is -1.22. The predicted molar refractivity (Wildman–Crippen MR) is 71.9 cm³/mol. The van der Waals surface area contributed by atoms with Gasteiger partial charge in [0.1, 0.15) is 0 Å². The van der Waals surface area contributed by atoms with Crippen LogP contribution in [0.5, 0.6) is 5.75 Å². The number of benzene rings is 1. The van der Waals surface area contributed by atoms with E-state index < -0.39 is 51.8 Å². The van der Waals surface area contributed by atoms with Gasteiger partial charge >= 0.3 is 18.0 Å². The zero-order valence-electron chi connectivity index (χ0n) is 12.3. The summed E-state index contributed by atoms with van der Waals surface area (Å²) in [5, 5.41) is 21.9. The van der Waals surface area contributed by atoms with E-state index in [9.17, 15) is 38.2 Å². The smallest absolute Gasteiger partial charge is 0.424 e. The molecule has 0 N–H and O–H groups in total. The van der Waals surface area contributed by atoms with E-state index in [1.807, 2.05) is 0 Å². The van der Waals surface area contributed by atoms with Gasteiger partial charge in [-0.3, -0.25) is 20.2 Å². The maximum absolute atomic E-state index is 12.0. The lowest BCUT2D eigenvalue weighted by Gasteiger charge is -2.11. The molecular weight excluding hydrogens is 341 g/mol. The highest BCUT2D eigenvalue weighted by atomic mass is 19.4. The van der Waals surface area contributed by atoms with Crippen LogP contribution in [0, 0.1) is 20.2 Å². The van der Waals surface area contributed by atoms with E-state index in [0.717, 1.165) is 6.07 Å². The number of alkyl halides is 3. The van der Waals surface area contributed by atoms with Crippen LogP contribution in [0.4, 0.5) is 29.3 Å². The topological polar surface area (TPSA) is 122 Å². The van der Waals surface area contributed by atoms with Crippen molar-refractivity contribution < 1.29 is 37.3 Å². The van der Waals surface area contributed by atoms with Crippen molar-refractivity contribution in [1.82, 2.24) is 0 Å². The van der Waals surface area contributed by atoms with Crippen LogP contribution in [0.2, 0.25) is 0 Å². The fraction of sp³-hybridized carbons (Fsp3) is 0.417. The van der Waals surface area contributed by atoms with Gasteiger partial charge in [-0.1, -0.05) is 13.8 Å². The van der Waals surface area contributed by atoms with Gasteiger partial charge in [0.05, 0.1) is 15.9 Å². The molecule has 1 rings (SSSR count). The highest BCUT2D eigenvalue weighted by molar-refractivity contribution is 5.68. The molecule has 0 fully saturated rings. The van der Waals surface area contributed by atoms with Crippen LogP contribution < -0.4 is 4.74 Å². The number of hydrogen-bond acceptors (Lipinski definition) is 7. The first-order valence-corrected chi connectivity index (χ1v) is 6.30. The maximum atomic E-state index is 12.0. The van der Waals surface area contributed by atoms with Crippen LogP contribution in [0.25, 0.3) is 0 Å². The third-order valence-electron chi connectivity index (χ3n) is 2.67. The highest BCUT2D eigenvalue weighted by Crippen LogP contribution is 2.38. The molecule has 0 saturated heterocycles. The van der Waals surface area contributed by atoms with Crippen LogP contribution >= 0.6 is 0 Å². The van der Waals surface area contributed by atoms with Gasteiger partial charge in [0.2, 0.25) is 5.75 Å². The third-order valence-corrected chi connectivity index (χ3v) is 2.67. The fourth-order valence-corrected chi connectivity index (χ4v) is 1.68. The minimum Gasteiger partial charge on any atom is -0.424 e. The molecule has 132 valence electrons. The second kappa shape index (κ2) is 7.10. The molecule has 0 saturated carbocycles. The quantitative estimate of drug-likeness (QED) is 0.343. The number of halogens is 3. The molecule has 1 aromatic carbocycles. The zero-order valence-corrected chi connectivity index (χ0v) is 12.3. The largest absolute Gasteiger partial charge is 0.514 e. The van der Waals surface area contributed by atoms with Gasteiger partial charge in [-0.15, -0.1) is 0 Å². The number of rotatable bonds is 5. The Bertz CT molecular complexity index is 673. The lowest BCUT2D eigenvalue weighted by Crippen LogP contribution is -2.22. The summed E-state index contributed by atoms with van der Waals surface area (Å²) in [6, 6.07) is 1.43. The molecule has 0 bridgehead atoms. The molecule has 24 heavy (non-hydrogen) atoms. The molecule has 0 atom stereocenters. The Morgan fingerprint density at radius 3 is 2.12 bits per heavy atom. The Balaban J connectivity index is 3.21. The summed E-state index contributed by atoms with van der Waals surface area (Å²) in [7, 11) is 0. The van der Waals surface area contributed by atoms with Crippen molar-refractivity contribution in [3.8, 4) is 5.75 Å². The van der Waals surface area contributed by atoms with Crippen molar-refractivity contribution in [3.63, 3.8) is 0 Å². The van der Waals surface area contributed by atoms with Gasteiger partial charge in [0.25, 0.3) is 5.69 Å². The second-order valence-electron chi connectivity index (χ2n) is 4.80. The molecule has 0 aromatic heterocycles. The van der Waals surface area contributed by atoms with Crippen molar-refractivity contribution >= 4 is 17.5 Å². The van der Waals surface area contributed by atoms with Crippen LogP contribution in [-0.4, -0.2) is 28.8 Å². The Morgan fingerprint density at radius 2 is 1.71 bits per heavy atom. The number of nitrogens with zero attached hydrogens (tertiary/aromatic N) is 2. The Labute approximate surface area is 132 Å². The van der Waals surface area contributed by atoms with E-state index >= 15 is 0 Å². The van der Waals surface area contributed by atoms with E-state index in [1.165, 1.54) is 0 Å². The molecule has 9 nitrogen and oxygen atoms in total. The SMILES string of the molecule is CC(C)c1cc(OC(=O)OCC(F)(F)F)c([N+](=O)[O-])cc1[N+](=O)[O-]. The molecule has 0 radical (unpaired) electrons. The molecule has 0 heterocycles. The van der Waals surface area contributed by atoms with Gasteiger partial charge in [0.15, 0.2) is 6.61 Å². The summed E-state index contributed by atoms with van der Waals surface area (Å²) in [6.07, 6.45) is -6.62. The van der Waals surface area contributed by atoms with Crippen molar-refractivity contribution in [3.05, 3.63) is 37.9 Å². The zero-order chi connectivity index (χ0) is 18.7. The summed E-state index contributed by atoms with van der Waals surface area (Å²) in [6.45, 7) is 1.14. The fourth-order valence-electron chi connectivity index (χ4n) is 1.68. The first kappa shape index (κ1) is 19.1. The average molecular weight is 352 g/mol. The van der Waals surface area contributed by atoms with Crippen LogP contribution in [-0.2, 0) is 4.74 Å². The van der Waals surface area contributed by atoms with E-state index in [4.69, 9.17) is 0 Å². The van der Waals surface area contributed by atoms with Crippen LogP contribution in [0.15, 0.2) is 12.1 Å². The van der Waals surface area contributed by atoms with E-state index in [1.54, 1.807) is 13.8 Å². The van der Waals surface area contributed by atoms with Gasteiger partial charge < -0.3 is 9.47 Å². The highest BCUT2D eigenvalue weighted by Gasteiger charge is 2.32. The maximum Gasteiger partial charge on any atom is 0.514 e. The standard InChI is InChI=1S/C12H11F3N2O7/c1-6(2)7-3-10(24-11(18)23-5-12(13,14)15)9(17(21)22)4-8(7)16(19)20/h3-4,6H,5H2,1-2H3. The molecule has 12 heteroatoms. The normalized spacial score (nSPS) is 11.2. The Morgan fingerprint density at radius 1 is 1.17 bits per heavy atom. The molecule has 0 aliphatic carbocycles. The van der Waals surface area contributed by atoms with Crippen molar-refractivity contribution in [2.45, 2.75) is 25.9 Å². The van der Waals surface area contributed by atoms with Gasteiger partial charge in [-0.05, 0) is 12.0 Å². The van der Waals surface area contributed by atoms with Crippen molar-refractivity contribution in [2.24, 2.45) is 0 Å². The lowest BCUT2D eigenvalue weighted by molar-refractivity contribution is -0.395. The molecule has 1 aromatic rings. The monoisotopic (exact) mass is 352 g/mol. The first-order valence-electron chi connectivity index (χ1n) is 6.30. The van der Waals surface area contributed by atoms with Gasteiger partial charge in [0, 0.05) is 5.56 Å². The summed E-state index contributed by atoms with van der Waals surface area (Å²) in [5.41, 5.74) is -1.52. The molecule has 0 unspecified atom stereocenters. The number of carbonyl (C=O) groups is 1. The molecule has 0 aliphatic rings. The molecule has 0 spiro atoms. The minimum absolute atomic E-state index is 0.00391. The Kier molecular flexibility index (Phi) is 5.66. The number of carbonyl (C=O) groups excluding carboxylic acids is 1. The third kappa shape index (κ3) is 5.07.